The minimum absolute atomic E-state index is 0.224. The molecule has 164 valence electrons. The fourth-order valence-corrected chi connectivity index (χ4v) is 3.58. The topological polar surface area (TPSA) is 30.5 Å². The van der Waals surface area contributed by atoms with Gasteiger partial charge >= 0.3 is 0 Å². The molecule has 0 aliphatic carbocycles. The van der Waals surface area contributed by atoms with E-state index in [0.29, 0.717) is 13.2 Å². The summed E-state index contributed by atoms with van der Waals surface area (Å²) in [6, 6.07) is 25.8. The summed E-state index contributed by atoms with van der Waals surface area (Å²) in [4.78, 5) is 0. The molecule has 31 heavy (non-hydrogen) atoms. The van der Waals surface area contributed by atoms with Crippen LogP contribution in [0.4, 0.5) is 0 Å². The van der Waals surface area contributed by atoms with Gasteiger partial charge < -0.3 is 14.8 Å². The first kappa shape index (κ1) is 23.5. The summed E-state index contributed by atoms with van der Waals surface area (Å²) >= 11 is 13.0. The van der Waals surface area contributed by atoms with Gasteiger partial charge in [0, 0.05) is 12.6 Å². The van der Waals surface area contributed by atoms with E-state index in [0.717, 1.165) is 47.7 Å². The van der Waals surface area contributed by atoms with Crippen LogP contribution in [0.15, 0.2) is 78.9 Å². The van der Waals surface area contributed by atoms with Crippen molar-refractivity contribution in [3.8, 4) is 11.5 Å². The molecule has 0 bridgehead atoms. The van der Waals surface area contributed by atoms with Crippen molar-refractivity contribution in [2.75, 3.05) is 19.8 Å². The van der Waals surface area contributed by atoms with Crippen LogP contribution in [0.3, 0.4) is 0 Å². The maximum Gasteiger partial charge on any atom is 0.123 e. The lowest BCUT2D eigenvalue weighted by atomic mass is 10.1. The molecule has 0 spiro atoms. The van der Waals surface area contributed by atoms with Crippen LogP contribution in [-0.2, 0) is 6.54 Å². The highest BCUT2D eigenvalue weighted by molar-refractivity contribution is 6.21. The minimum Gasteiger partial charge on any atom is -0.492 e. The van der Waals surface area contributed by atoms with Crippen LogP contribution >= 0.6 is 23.2 Å². The molecule has 2 atom stereocenters. The first-order valence-electron chi connectivity index (χ1n) is 10.6. The first-order chi connectivity index (χ1) is 15.2. The van der Waals surface area contributed by atoms with Gasteiger partial charge in [-0.05, 0) is 41.8 Å². The van der Waals surface area contributed by atoms with Gasteiger partial charge in [-0.25, -0.2) is 0 Å². The Balaban J connectivity index is 1.66. The molecule has 3 nitrogen and oxygen atoms in total. The molecule has 3 aromatic carbocycles. The summed E-state index contributed by atoms with van der Waals surface area (Å²) in [5, 5.41) is 2.98. The summed E-state index contributed by atoms with van der Waals surface area (Å²) in [5.74, 6) is 1.47. The second-order valence-corrected chi connectivity index (χ2v) is 8.42. The van der Waals surface area contributed by atoms with Gasteiger partial charge in [-0.3, -0.25) is 0 Å². The Labute approximate surface area is 195 Å². The number of alkyl halides is 2. The van der Waals surface area contributed by atoms with Gasteiger partial charge in [-0.15, -0.1) is 23.2 Å². The van der Waals surface area contributed by atoms with Crippen LogP contribution in [0.1, 0.15) is 40.8 Å². The van der Waals surface area contributed by atoms with Crippen LogP contribution in [0.25, 0.3) is 0 Å². The molecule has 0 radical (unpaired) electrons. The van der Waals surface area contributed by atoms with E-state index in [1.54, 1.807) is 0 Å². The Kier molecular flexibility index (Phi) is 9.54. The molecule has 0 saturated heterocycles. The number of hydrogen-bond acceptors (Lipinski definition) is 3. The van der Waals surface area contributed by atoms with E-state index in [4.69, 9.17) is 32.7 Å². The highest BCUT2D eigenvalue weighted by atomic mass is 35.5. The number of benzene rings is 3. The Morgan fingerprint density at radius 2 is 1.23 bits per heavy atom. The SMILES string of the molecule is CCCNCc1cc(OCC(Cl)c2ccccc2)cc(OCC(Cl)c2ccccc2)c1. The number of hydrogen-bond donors (Lipinski definition) is 1. The van der Waals surface area contributed by atoms with Gasteiger partial charge in [0.15, 0.2) is 0 Å². The zero-order valence-electron chi connectivity index (χ0n) is 17.8. The van der Waals surface area contributed by atoms with Crippen molar-refractivity contribution in [3.63, 3.8) is 0 Å². The summed E-state index contributed by atoms with van der Waals surface area (Å²) < 4.78 is 12.1. The molecular weight excluding hydrogens is 429 g/mol. The third-order valence-corrected chi connectivity index (χ3v) is 5.57. The quantitative estimate of drug-likeness (QED) is 0.236. The molecule has 1 N–H and O–H groups in total. The van der Waals surface area contributed by atoms with Gasteiger partial charge in [-0.1, -0.05) is 67.6 Å². The molecule has 0 heterocycles. The van der Waals surface area contributed by atoms with Crippen molar-refractivity contribution < 1.29 is 9.47 Å². The fourth-order valence-electron chi connectivity index (χ4n) is 3.16. The molecule has 3 rings (SSSR count). The smallest absolute Gasteiger partial charge is 0.123 e. The standard InChI is InChI=1S/C26H29Cl2NO2/c1-2-13-29-17-20-14-23(30-18-25(27)21-9-5-3-6-10-21)16-24(15-20)31-19-26(28)22-11-7-4-8-12-22/h3-12,14-16,25-26,29H,2,13,17-19H2,1H3. The number of nitrogens with one attached hydrogen (secondary N) is 1. The monoisotopic (exact) mass is 457 g/mol. The summed E-state index contributed by atoms with van der Waals surface area (Å²) in [6.45, 7) is 4.59. The van der Waals surface area contributed by atoms with Gasteiger partial charge in [-0.2, -0.15) is 0 Å². The van der Waals surface area contributed by atoms with Crippen molar-refractivity contribution in [1.29, 1.82) is 0 Å². The van der Waals surface area contributed by atoms with Crippen LogP contribution < -0.4 is 14.8 Å². The zero-order valence-corrected chi connectivity index (χ0v) is 19.3. The third kappa shape index (κ3) is 7.77. The number of halogens is 2. The van der Waals surface area contributed by atoms with Crippen molar-refractivity contribution in [3.05, 3.63) is 95.6 Å². The van der Waals surface area contributed by atoms with E-state index in [1.807, 2.05) is 78.9 Å². The minimum atomic E-state index is -0.224. The van der Waals surface area contributed by atoms with E-state index in [9.17, 15) is 0 Å². The first-order valence-corrected chi connectivity index (χ1v) is 11.5. The number of rotatable bonds is 12. The van der Waals surface area contributed by atoms with E-state index >= 15 is 0 Å². The van der Waals surface area contributed by atoms with Gasteiger partial charge in [0.2, 0.25) is 0 Å². The van der Waals surface area contributed by atoms with Crippen LogP contribution in [0.5, 0.6) is 11.5 Å². The highest BCUT2D eigenvalue weighted by Crippen LogP contribution is 2.28. The van der Waals surface area contributed by atoms with Gasteiger partial charge in [0.05, 0.1) is 10.8 Å². The molecule has 0 aromatic heterocycles. The van der Waals surface area contributed by atoms with Crippen LogP contribution in [0, 0.1) is 0 Å². The molecule has 3 aromatic rings. The molecule has 0 aliphatic rings. The van der Waals surface area contributed by atoms with Crippen LogP contribution in [0.2, 0.25) is 0 Å². The molecule has 0 fully saturated rings. The normalized spacial score (nSPS) is 12.9. The largest absolute Gasteiger partial charge is 0.492 e. The lowest BCUT2D eigenvalue weighted by molar-refractivity contribution is 0.300. The van der Waals surface area contributed by atoms with Crippen molar-refractivity contribution in [2.24, 2.45) is 0 Å². The Morgan fingerprint density at radius 3 is 1.68 bits per heavy atom. The summed E-state index contributed by atoms with van der Waals surface area (Å²) in [6.07, 6.45) is 1.08. The zero-order chi connectivity index (χ0) is 21.9. The highest BCUT2D eigenvalue weighted by Gasteiger charge is 2.12. The molecule has 2 unspecified atom stereocenters. The third-order valence-electron chi connectivity index (χ3n) is 4.81. The van der Waals surface area contributed by atoms with E-state index < -0.39 is 0 Å². The van der Waals surface area contributed by atoms with E-state index in [1.165, 1.54) is 0 Å². The van der Waals surface area contributed by atoms with Crippen molar-refractivity contribution in [2.45, 2.75) is 30.6 Å². The molecular formula is C26H29Cl2NO2. The Hall–Kier alpha value is -2.20. The lowest BCUT2D eigenvalue weighted by Gasteiger charge is -2.16. The lowest BCUT2D eigenvalue weighted by Crippen LogP contribution is -2.14. The second-order valence-electron chi connectivity index (χ2n) is 7.37. The second kappa shape index (κ2) is 12.6. The van der Waals surface area contributed by atoms with E-state index in [2.05, 4.69) is 12.2 Å². The van der Waals surface area contributed by atoms with E-state index in [-0.39, 0.29) is 10.8 Å². The van der Waals surface area contributed by atoms with Crippen molar-refractivity contribution in [1.82, 2.24) is 5.32 Å². The molecule has 0 aliphatic heterocycles. The van der Waals surface area contributed by atoms with Gasteiger partial charge in [0.1, 0.15) is 24.7 Å². The predicted octanol–water partition coefficient (Wildman–Crippen LogP) is 6.90. The molecule has 0 saturated carbocycles. The average molecular weight is 458 g/mol. The number of ether oxygens (including phenoxy) is 2. The Bertz CT molecular complexity index is 838. The maximum atomic E-state index is 6.52. The van der Waals surface area contributed by atoms with Crippen molar-refractivity contribution >= 4 is 23.2 Å². The molecule has 0 amide bonds. The molecule has 5 heteroatoms. The van der Waals surface area contributed by atoms with Crippen LogP contribution in [-0.4, -0.2) is 19.8 Å². The Morgan fingerprint density at radius 1 is 0.742 bits per heavy atom. The summed E-state index contributed by atoms with van der Waals surface area (Å²) in [5.41, 5.74) is 3.17. The average Bonchev–Trinajstić information content (AvgIpc) is 2.82. The maximum absolute atomic E-state index is 6.52. The van der Waals surface area contributed by atoms with Gasteiger partial charge in [0.25, 0.3) is 0 Å². The fraction of sp³-hybridized carbons (Fsp3) is 0.308. The summed E-state index contributed by atoms with van der Waals surface area (Å²) in [7, 11) is 0. The predicted molar refractivity (Wildman–Crippen MR) is 130 cm³/mol.